The lowest BCUT2D eigenvalue weighted by atomic mass is 10.2. The molecule has 1 aromatic carbocycles. The minimum Gasteiger partial charge on any atom is -0.373 e. The second-order valence-electron chi connectivity index (χ2n) is 4.59. The molecule has 1 heterocycles. The van der Waals surface area contributed by atoms with E-state index in [9.17, 15) is 9.18 Å². The van der Waals surface area contributed by atoms with E-state index in [4.69, 9.17) is 11.6 Å². The standard InChI is InChI=1S/C15H15ClFN3O/c1-18-14-7-12(13(16)8-19-14)15(21)20(2)9-10-3-5-11(17)6-4-10/h3-8H,9H2,1-2H3,(H,18,19). The van der Waals surface area contributed by atoms with Crippen molar-refractivity contribution in [1.82, 2.24) is 9.88 Å². The van der Waals surface area contributed by atoms with Gasteiger partial charge >= 0.3 is 0 Å². The molecule has 1 amide bonds. The maximum Gasteiger partial charge on any atom is 0.255 e. The SMILES string of the molecule is CNc1cc(C(=O)N(C)Cc2ccc(F)cc2)c(Cl)cn1. The summed E-state index contributed by atoms with van der Waals surface area (Å²) in [4.78, 5) is 18.0. The number of hydrogen-bond donors (Lipinski definition) is 1. The van der Waals surface area contributed by atoms with Crippen molar-refractivity contribution >= 4 is 23.3 Å². The molecule has 0 bridgehead atoms. The van der Waals surface area contributed by atoms with E-state index in [1.165, 1.54) is 23.2 Å². The van der Waals surface area contributed by atoms with Crippen LogP contribution in [0.4, 0.5) is 10.2 Å². The highest BCUT2D eigenvalue weighted by Gasteiger charge is 2.16. The second-order valence-corrected chi connectivity index (χ2v) is 4.99. The highest BCUT2D eigenvalue weighted by molar-refractivity contribution is 6.33. The van der Waals surface area contributed by atoms with Crippen molar-refractivity contribution in [3.05, 3.63) is 58.5 Å². The van der Waals surface area contributed by atoms with Crippen LogP contribution in [0.5, 0.6) is 0 Å². The average Bonchev–Trinajstić information content (AvgIpc) is 2.49. The summed E-state index contributed by atoms with van der Waals surface area (Å²) in [5.74, 6) is 0.0460. The number of pyridine rings is 1. The quantitative estimate of drug-likeness (QED) is 0.943. The van der Waals surface area contributed by atoms with Crippen LogP contribution in [0, 0.1) is 5.82 Å². The molecule has 0 saturated heterocycles. The van der Waals surface area contributed by atoms with Crippen LogP contribution in [0.15, 0.2) is 36.5 Å². The number of halogens is 2. The molecule has 1 aromatic heterocycles. The fourth-order valence-electron chi connectivity index (χ4n) is 1.88. The lowest BCUT2D eigenvalue weighted by molar-refractivity contribution is 0.0785. The van der Waals surface area contributed by atoms with Crippen LogP contribution < -0.4 is 5.32 Å². The van der Waals surface area contributed by atoms with E-state index >= 15 is 0 Å². The monoisotopic (exact) mass is 307 g/mol. The van der Waals surface area contributed by atoms with Gasteiger partial charge in [0.15, 0.2) is 0 Å². The Kier molecular flexibility index (Phi) is 4.75. The molecule has 0 fully saturated rings. The molecule has 2 rings (SSSR count). The number of anilines is 1. The van der Waals surface area contributed by atoms with Crippen molar-refractivity contribution in [1.29, 1.82) is 0 Å². The van der Waals surface area contributed by atoms with Gasteiger partial charge in [-0.05, 0) is 23.8 Å². The third-order valence-corrected chi connectivity index (χ3v) is 3.32. The molecule has 0 atom stereocenters. The number of benzene rings is 1. The number of carbonyl (C=O) groups excluding carboxylic acids is 1. The molecule has 2 aromatic rings. The van der Waals surface area contributed by atoms with Gasteiger partial charge in [-0.3, -0.25) is 4.79 Å². The van der Waals surface area contributed by atoms with E-state index in [-0.39, 0.29) is 11.7 Å². The maximum absolute atomic E-state index is 12.9. The topological polar surface area (TPSA) is 45.2 Å². The summed E-state index contributed by atoms with van der Waals surface area (Å²) in [6, 6.07) is 7.63. The first-order valence-corrected chi connectivity index (χ1v) is 6.72. The number of rotatable bonds is 4. The second kappa shape index (κ2) is 6.54. The molecule has 4 nitrogen and oxygen atoms in total. The molecule has 0 aliphatic heterocycles. The van der Waals surface area contributed by atoms with Crippen LogP contribution >= 0.6 is 11.6 Å². The number of carbonyl (C=O) groups is 1. The zero-order valence-corrected chi connectivity index (χ0v) is 12.5. The van der Waals surface area contributed by atoms with Crippen molar-refractivity contribution in [3.63, 3.8) is 0 Å². The zero-order chi connectivity index (χ0) is 15.4. The first kappa shape index (κ1) is 15.3. The fourth-order valence-corrected chi connectivity index (χ4v) is 2.06. The number of hydrogen-bond acceptors (Lipinski definition) is 3. The fraction of sp³-hybridized carbons (Fsp3) is 0.200. The number of aromatic nitrogens is 1. The van der Waals surface area contributed by atoms with Crippen molar-refractivity contribution in [2.24, 2.45) is 0 Å². The van der Waals surface area contributed by atoms with E-state index in [1.807, 2.05) is 0 Å². The van der Waals surface area contributed by atoms with Crippen LogP contribution in [-0.4, -0.2) is 29.9 Å². The van der Waals surface area contributed by atoms with Gasteiger partial charge in [-0.25, -0.2) is 9.37 Å². The van der Waals surface area contributed by atoms with Crippen LogP contribution in [0.2, 0.25) is 5.02 Å². The molecule has 0 aliphatic carbocycles. The minimum absolute atomic E-state index is 0.219. The predicted octanol–water partition coefficient (Wildman–Crippen LogP) is 3.19. The largest absolute Gasteiger partial charge is 0.373 e. The first-order valence-electron chi connectivity index (χ1n) is 6.34. The van der Waals surface area contributed by atoms with Crippen molar-refractivity contribution in [2.45, 2.75) is 6.54 Å². The number of nitrogens with one attached hydrogen (secondary N) is 1. The third-order valence-electron chi connectivity index (χ3n) is 3.02. The molecule has 0 aliphatic rings. The molecule has 0 spiro atoms. The predicted molar refractivity (Wildman–Crippen MR) is 81.0 cm³/mol. The van der Waals surface area contributed by atoms with E-state index in [0.29, 0.717) is 22.9 Å². The molecule has 0 unspecified atom stereocenters. The van der Waals surface area contributed by atoms with Crippen molar-refractivity contribution in [3.8, 4) is 0 Å². The minimum atomic E-state index is -0.302. The summed E-state index contributed by atoms with van der Waals surface area (Å²) in [5, 5.41) is 3.16. The Morgan fingerprint density at radius 3 is 2.67 bits per heavy atom. The summed E-state index contributed by atoms with van der Waals surface area (Å²) in [6.45, 7) is 0.368. The summed E-state index contributed by atoms with van der Waals surface area (Å²) in [5.41, 5.74) is 1.21. The third kappa shape index (κ3) is 3.70. The summed E-state index contributed by atoms with van der Waals surface area (Å²) in [6.07, 6.45) is 1.44. The summed E-state index contributed by atoms with van der Waals surface area (Å²) >= 11 is 6.03. The van der Waals surface area contributed by atoms with E-state index in [0.717, 1.165) is 5.56 Å². The van der Waals surface area contributed by atoms with E-state index in [2.05, 4.69) is 10.3 Å². The molecule has 0 radical (unpaired) electrons. The lowest BCUT2D eigenvalue weighted by Crippen LogP contribution is -2.26. The van der Waals surface area contributed by atoms with Crippen LogP contribution in [0.1, 0.15) is 15.9 Å². The normalized spacial score (nSPS) is 10.3. The highest BCUT2D eigenvalue weighted by atomic mass is 35.5. The van der Waals surface area contributed by atoms with Gasteiger partial charge in [-0.1, -0.05) is 23.7 Å². The Morgan fingerprint density at radius 1 is 1.38 bits per heavy atom. The van der Waals surface area contributed by atoms with E-state index < -0.39 is 0 Å². The first-order chi connectivity index (χ1) is 10.0. The van der Waals surface area contributed by atoms with E-state index in [1.54, 1.807) is 32.3 Å². The van der Waals surface area contributed by atoms with Gasteiger partial charge in [0.1, 0.15) is 11.6 Å². The average molecular weight is 308 g/mol. The highest BCUT2D eigenvalue weighted by Crippen LogP contribution is 2.20. The maximum atomic E-state index is 12.9. The summed E-state index contributed by atoms with van der Waals surface area (Å²) in [7, 11) is 3.38. The Morgan fingerprint density at radius 2 is 2.05 bits per heavy atom. The molecule has 1 N–H and O–H groups in total. The Hall–Kier alpha value is -2.14. The number of amides is 1. The lowest BCUT2D eigenvalue weighted by Gasteiger charge is -2.18. The van der Waals surface area contributed by atoms with Crippen LogP contribution in [0.3, 0.4) is 0 Å². The smallest absolute Gasteiger partial charge is 0.255 e. The Balaban J connectivity index is 2.17. The molecule has 6 heteroatoms. The van der Waals surface area contributed by atoms with Gasteiger partial charge in [0.05, 0.1) is 10.6 Å². The summed E-state index contributed by atoms with van der Waals surface area (Å²) < 4.78 is 12.9. The van der Waals surface area contributed by atoms with Gasteiger partial charge in [0.25, 0.3) is 5.91 Å². The van der Waals surface area contributed by atoms with Crippen molar-refractivity contribution in [2.75, 3.05) is 19.4 Å². The van der Waals surface area contributed by atoms with Gasteiger partial charge < -0.3 is 10.2 Å². The van der Waals surface area contributed by atoms with Gasteiger partial charge in [0.2, 0.25) is 0 Å². The van der Waals surface area contributed by atoms with Crippen LogP contribution in [0.25, 0.3) is 0 Å². The zero-order valence-electron chi connectivity index (χ0n) is 11.7. The molecule has 110 valence electrons. The van der Waals surface area contributed by atoms with Gasteiger partial charge in [0, 0.05) is 26.8 Å². The van der Waals surface area contributed by atoms with Crippen molar-refractivity contribution < 1.29 is 9.18 Å². The molecular formula is C15H15ClFN3O. The Bertz CT molecular complexity index is 646. The molecule has 21 heavy (non-hydrogen) atoms. The van der Waals surface area contributed by atoms with Crippen LogP contribution in [-0.2, 0) is 6.54 Å². The number of nitrogens with zero attached hydrogens (tertiary/aromatic N) is 2. The van der Waals surface area contributed by atoms with Gasteiger partial charge in [-0.15, -0.1) is 0 Å². The Labute approximate surface area is 127 Å². The van der Waals surface area contributed by atoms with Gasteiger partial charge in [-0.2, -0.15) is 0 Å². The molecular weight excluding hydrogens is 293 g/mol. The molecule has 0 saturated carbocycles.